The van der Waals surface area contributed by atoms with E-state index in [1.54, 1.807) is 61.7 Å². The standard InChI is InChI=1S/C23H32N4O5S/c1-15-20(16(2)27(25-15)19-11-12-33(30,31)14-19)13-26(6)21(28)17-7-9-18(10-8-17)24-22(29)32-23(3,4)5/h7-10,19H,11-14H2,1-6H3,(H,24,29)/t19-/m1/s1. The Morgan fingerprint density at radius 2 is 1.85 bits per heavy atom. The predicted molar refractivity (Wildman–Crippen MR) is 126 cm³/mol. The minimum atomic E-state index is -3.02. The number of nitrogens with one attached hydrogen (secondary N) is 1. The highest BCUT2D eigenvalue weighted by atomic mass is 32.2. The molecule has 9 nitrogen and oxygen atoms in total. The first-order chi connectivity index (χ1) is 15.3. The Kier molecular flexibility index (Phi) is 6.88. The molecule has 1 saturated heterocycles. The zero-order valence-corrected chi connectivity index (χ0v) is 20.8. The molecule has 1 aromatic heterocycles. The summed E-state index contributed by atoms with van der Waals surface area (Å²) in [4.78, 5) is 26.5. The summed E-state index contributed by atoms with van der Waals surface area (Å²) in [5.74, 6) is 0.115. The third kappa shape index (κ3) is 6.13. The average Bonchev–Trinajstić information content (AvgIpc) is 3.19. The fraction of sp³-hybridized carbons (Fsp3) is 0.522. The number of ether oxygens (including phenoxy) is 1. The number of carbonyl (C=O) groups is 2. The smallest absolute Gasteiger partial charge is 0.412 e. The van der Waals surface area contributed by atoms with Crippen LogP contribution in [0.4, 0.5) is 10.5 Å². The van der Waals surface area contributed by atoms with Crippen LogP contribution in [-0.4, -0.2) is 59.3 Å². The average molecular weight is 477 g/mol. The van der Waals surface area contributed by atoms with Crippen molar-refractivity contribution in [2.75, 3.05) is 23.9 Å². The minimum absolute atomic E-state index is 0.104. The number of hydrogen-bond acceptors (Lipinski definition) is 6. The van der Waals surface area contributed by atoms with Crippen molar-refractivity contribution in [1.29, 1.82) is 0 Å². The number of sulfone groups is 1. The summed E-state index contributed by atoms with van der Waals surface area (Å²) in [7, 11) is -1.30. The molecule has 1 aliphatic rings. The largest absolute Gasteiger partial charge is 0.444 e. The molecular weight excluding hydrogens is 444 g/mol. The number of aromatic nitrogens is 2. The predicted octanol–water partition coefficient (Wildman–Crippen LogP) is 3.48. The van der Waals surface area contributed by atoms with Gasteiger partial charge >= 0.3 is 6.09 Å². The van der Waals surface area contributed by atoms with Gasteiger partial charge in [-0.05, 0) is 65.3 Å². The highest BCUT2D eigenvalue weighted by Gasteiger charge is 2.31. The molecule has 0 spiro atoms. The van der Waals surface area contributed by atoms with Gasteiger partial charge in [0.1, 0.15) is 5.60 Å². The quantitative estimate of drug-likeness (QED) is 0.707. The molecule has 0 aliphatic carbocycles. The highest BCUT2D eigenvalue weighted by Crippen LogP contribution is 2.27. The van der Waals surface area contributed by atoms with Crippen LogP contribution in [0.2, 0.25) is 0 Å². The van der Waals surface area contributed by atoms with Crippen LogP contribution < -0.4 is 5.32 Å². The lowest BCUT2D eigenvalue weighted by Gasteiger charge is -2.20. The molecule has 33 heavy (non-hydrogen) atoms. The molecule has 1 atom stereocenters. The van der Waals surface area contributed by atoms with Gasteiger partial charge in [0, 0.05) is 36.1 Å². The summed E-state index contributed by atoms with van der Waals surface area (Å²) in [5, 5.41) is 7.21. The van der Waals surface area contributed by atoms with Crippen molar-refractivity contribution >= 4 is 27.5 Å². The lowest BCUT2D eigenvalue weighted by atomic mass is 10.1. The lowest BCUT2D eigenvalue weighted by molar-refractivity contribution is 0.0635. The molecule has 2 aromatic rings. The van der Waals surface area contributed by atoms with E-state index in [0.717, 1.165) is 17.0 Å². The first-order valence-electron chi connectivity index (χ1n) is 10.9. The SMILES string of the molecule is Cc1nn([C@@H]2CCS(=O)(=O)C2)c(C)c1CN(C)C(=O)c1ccc(NC(=O)OC(C)(C)C)cc1. The van der Waals surface area contributed by atoms with Crippen LogP contribution in [0.3, 0.4) is 0 Å². The second kappa shape index (κ2) is 9.17. The van der Waals surface area contributed by atoms with Gasteiger partial charge in [0.05, 0.1) is 23.2 Å². The van der Waals surface area contributed by atoms with Crippen LogP contribution in [-0.2, 0) is 21.1 Å². The van der Waals surface area contributed by atoms with Gasteiger partial charge < -0.3 is 9.64 Å². The Bertz CT molecular complexity index is 1150. The number of rotatable bonds is 5. The van der Waals surface area contributed by atoms with E-state index in [1.807, 2.05) is 13.8 Å². The maximum Gasteiger partial charge on any atom is 0.412 e. The van der Waals surface area contributed by atoms with E-state index >= 15 is 0 Å². The molecule has 0 radical (unpaired) electrons. The first kappa shape index (κ1) is 24.8. The van der Waals surface area contributed by atoms with Crippen molar-refractivity contribution in [2.45, 2.75) is 59.2 Å². The summed E-state index contributed by atoms with van der Waals surface area (Å²) in [6.45, 7) is 9.49. The lowest BCUT2D eigenvalue weighted by Crippen LogP contribution is -2.27. The van der Waals surface area contributed by atoms with Gasteiger partial charge in [-0.1, -0.05) is 0 Å². The molecule has 10 heteroatoms. The maximum absolute atomic E-state index is 12.9. The Morgan fingerprint density at radius 3 is 2.39 bits per heavy atom. The molecule has 1 aliphatic heterocycles. The third-order valence-corrected chi connectivity index (χ3v) is 7.30. The zero-order valence-electron chi connectivity index (χ0n) is 20.0. The van der Waals surface area contributed by atoms with Crippen molar-refractivity contribution in [2.24, 2.45) is 0 Å². The normalized spacial score (nSPS) is 17.6. The minimum Gasteiger partial charge on any atom is -0.444 e. The van der Waals surface area contributed by atoms with Crippen molar-refractivity contribution in [3.05, 3.63) is 46.8 Å². The monoisotopic (exact) mass is 476 g/mol. The number of benzene rings is 1. The maximum atomic E-state index is 12.9. The number of aryl methyl sites for hydroxylation is 1. The summed E-state index contributed by atoms with van der Waals surface area (Å²) < 4.78 is 30.7. The molecular formula is C23H32N4O5S. The molecule has 180 valence electrons. The van der Waals surface area contributed by atoms with Crippen LogP contribution in [0.1, 0.15) is 60.5 Å². The molecule has 0 unspecified atom stereocenters. The van der Waals surface area contributed by atoms with Crippen LogP contribution >= 0.6 is 0 Å². The van der Waals surface area contributed by atoms with E-state index in [1.165, 1.54) is 0 Å². The topological polar surface area (TPSA) is 111 Å². The molecule has 3 rings (SSSR count). The van der Waals surface area contributed by atoms with Crippen molar-refractivity contribution in [1.82, 2.24) is 14.7 Å². The van der Waals surface area contributed by atoms with E-state index in [4.69, 9.17) is 4.74 Å². The Hall–Kier alpha value is -2.88. The van der Waals surface area contributed by atoms with Gasteiger partial charge in [-0.15, -0.1) is 0 Å². The molecule has 0 bridgehead atoms. The van der Waals surface area contributed by atoms with Crippen LogP contribution in [0.25, 0.3) is 0 Å². The number of carbonyl (C=O) groups excluding carboxylic acids is 2. The molecule has 1 N–H and O–H groups in total. The van der Waals surface area contributed by atoms with Gasteiger partial charge in [-0.2, -0.15) is 5.10 Å². The summed E-state index contributed by atoms with van der Waals surface area (Å²) in [5.41, 5.74) is 3.00. The van der Waals surface area contributed by atoms with Crippen LogP contribution in [0, 0.1) is 13.8 Å². The van der Waals surface area contributed by atoms with Gasteiger partial charge in [0.15, 0.2) is 9.84 Å². The fourth-order valence-electron chi connectivity index (χ4n) is 3.90. The van der Waals surface area contributed by atoms with E-state index in [9.17, 15) is 18.0 Å². The Morgan fingerprint density at radius 1 is 1.21 bits per heavy atom. The van der Waals surface area contributed by atoms with Crippen LogP contribution in [0.5, 0.6) is 0 Å². The number of anilines is 1. The first-order valence-corrected chi connectivity index (χ1v) is 12.7. The van der Waals surface area contributed by atoms with E-state index in [-0.39, 0.29) is 23.5 Å². The second-order valence-electron chi connectivity index (χ2n) is 9.52. The van der Waals surface area contributed by atoms with E-state index in [2.05, 4.69) is 10.4 Å². The fourth-order valence-corrected chi connectivity index (χ4v) is 5.59. The molecule has 1 aromatic carbocycles. The number of nitrogens with zero attached hydrogens (tertiary/aromatic N) is 3. The summed E-state index contributed by atoms with van der Waals surface area (Å²) in [6.07, 6.45) is -0.000872. The zero-order chi connectivity index (χ0) is 24.6. The molecule has 2 amide bonds. The number of hydrogen-bond donors (Lipinski definition) is 1. The third-order valence-electron chi connectivity index (χ3n) is 5.55. The molecule has 0 saturated carbocycles. The van der Waals surface area contributed by atoms with Gasteiger partial charge in [0.25, 0.3) is 5.91 Å². The second-order valence-corrected chi connectivity index (χ2v) is 11.7. The molecule has 1 fully saturated rings. The van der Waals surface area contributed by atoms with Gasteiger partial charge in [-0.3, -0.25) is 14.8 Å². The Labute approximate surface area is 195 Å². The summed E-state index contributed by atoms with van der Waals surface area (Å²) >= 11 is 0. The van der Waals surface area contributed by atoms with E-state index < -0.39 is 21.5 Å². The van der Waals surface area contributed by atoms with Gasteiger partial charge in [-0.25, -0.2) is 13.2 Å². The van der Waals surface area contributed by atoms with Crippen molar-refractivity contribution < 1.29 is 22.7 Å². The van der Waals surface area contributed by atoms with Crippen molar-refractivity contribution in [3.63, 3.8) is 0 Å². The van der Waals surface area contributed by atoms with Crippen molar-refractivity contribution in [3.8, 4) is 0 Å². The molecule has 2 heterocycles. The number of amides is 2. The summed E-state index contributed by atoms with van der Waals surface area (Å²) in [6, 6.07) is 6.45. The Balaban J connectivity index is 1.67. The van der Waals surface area contributed by atoms with Gasteiger partial charge in [0.2, 0.25) is 0 Å². The van der Waals surface area contributed by atoms with Crippen LogP contribution in [0.15, 0.2) is 24.3 Å². The van der Waals surface area contributed by atoms with E-state index in [0.29, 0.717) is 24.2 Å². The highest BCUT2D eigenvalue weighted by molar-refractivity contribution is 7.91.